The van der Waals surface area contributed by atoms with Crippen LogP contribution in [-0.4, -0.2) is 30.1 Å². The molecule has 0 bridgehead atoms. The van der Waals surface area contributed by atoms with E-state index in [1.54, 1.807) is 0 Å². The van der Waals surface area contributed by atoms with Crippen molar-refractivity contribution in [1.29, 1.82) is 0 Å². The maximum Gasteiger partial charge on any atom is 0.0332 e. The predicted octanol–water partition coefficient (Wildman–Crippen LogP) is 3.21. The van der Waals surface area contributed by atoms with Gasteiger partial charge in [0.05, 0.1) is 0 Å². The number of hydrogen-bond acceptors (Lipinski definition) is 2. The average molecular weight is 260 g/mol. The first kappa shape index (κ1) is 14.5. The van der Waals surface area contributed by atoms with E-state index in [0.29, 0.717) is 5.54 Å². The number of aryl methyl sites for hydroxylation is 1. The van der Waals surface area contributed by atoms with Crippen LogP contribution in [0.3, 0.4) is 0 Å². The highest BCUT2D eigenvalue weighted by molar-refractivity contribution is 5.22. The van der Waals surface area contributed by atoms with Crippen LogP contribution in [0.15, 0.2) is 24.3 Å². The Morgan fingerprint density at radius 3 is 2.26 bits per heavy atom. The van der Waals surface area contributed by atoms with Gasteiger partial charge in [0.15, 0.2) is 0 Å². The lowest BCUT2D eigenvalue weighted by atomic mass is 9.88. The lowest BCUT2D eigenvalue weighted by Gasteiger charge is -2.47. The highest BCUT2D eigenvalue weighted by atomic mass is 15.3. The molecular weight excluding hydrogens is 232 g/mol. The van der Waals surface area contributed by atoms with Gasteiger partial charge in [0.25, 0.3) is 0 Å². The molecule has 1 aliphatic rings. The van der Waals surface area contributed by atoms with Gasteiger partial charge in [0.2, 0.25) is 0 Å². The zero-order valence-electron chi connectivity index (χ0n) is 12.7. The second-order valence-corrected chi connectivity index (χ2v) is 5.70. The summed E-state index contributed by atoms with van der Waals surface area (Å²) in [7, 11) is 0. The van der Waals surface area contributed by atoms with E-state index in [4.69, 9.17) is 0 Å². The summed E-state index contributed by atoms with van der Waals surface area (Å²) in [5.74, 6) is 0. The molecule has 0 amide bonds. The molecule has 0 unspecified atom stereocenters. The van der Waals surface area contributed by atoms with Gasteiger partial charge in [-0.1, -0.05) is 45.0 Å². The lowest BCUT2D eigenvalue weighted by Crippen LogP contribution is -2.60. The summed E-state index contributed by atoms with van der Waals surface area (Å²) in [6.07, 6.45) is 3.58. The van der Waals surface area contributed by atoms with E-state index in [1.807, 2.05) is 0 Å². The summed E-state index contributed by atoms with van der Waals surface area (Å²) in [5, 5.41) is 3.57. The van der Waals surface area contributed by atoms with Crippen molar-refractivity contribution in [2.24, 2.45) is 0 Å². The van der Waals surface area contributed by atoms with E-state index >= 15 is 0 Å². The number of piperazine rings is 1. The second-order valence-electron chi connectivity index (χ2n) is 5.70. The van der Waals surface area contributed by atoms with Crippen molar-refractivity contribution in [2.45, 2.75) is 52.1 Å². The van der Waals surface area contributed by atoms with Gasteiger partial charge >= 0.3 is 0 Å². The molecule has 1 aromatic rings. The van der Waals surface area contributed by atoms with Gasteiger partial charge in [-0.15, -0.1) is 0 Å². The molecule has 19 heavy (non-hydrogen) atoms. The minimum absolute atomic E-state index is 0.349. The van der Waals surface area contributed by atoms with Crippen molar-refractivity contribution >= 4 is 0 Å². The van der Waals surface area contributed by atoms with Crippen molar-refractivity contribution in [3.63, 3.8) is 0 Å². The Labute approximate surface area is 118 Å². The van der Waals surface area contributed by atoms with Crippen LogP contribution in [0.4, 0.5) is 0 Å². The summed E-state index contributed by atoms with van der Waals surface area (Å²) in [5.41, 5.74) is 3.23. The molecule has 0 spiro atoms. The van der Waals surface area contributed by atoms with Crippen LogP contribution in [0.2, 0.25) is 0 Å². The van der Waals surface area contributed by atoms with E-state index in [9.17, 15) is 0 Å². The number of nitrogens with zero attached hydrogens (tertiary/aromatic N) is 1. The Bertz CT molecular complexity index is 379. The quantitative estimate of drug-likeness (QED) is 0.874. The van der Waals surface area contributed by atoms with Gasteiger partial charge in [-0.25, -0.2) is 0 Å². The predicted molar refractivity (Wildman–Crippen MR) is 82.4 cm³/mol. The molecule has 1 N–H and O–H groups in total. The third kappa shape index (κ3) is 3.18. The molecular formula is C17H28N2. The molecule has 1 aliphatic heterocycles. The van der Waals surface area contributed by atoms with Crippen LogP contribution >= 0.6 is 0 Å². The zero-order chi connectivity index (χ0) is 13.7. The van der Waals surface area contributed by atoms with Gasteiger partial charge in [0.1, 0.15) is 0 Å². The van der Waals surface area contributed by atoms with Crippen LogP contribution in [-0.2, 0) is 13.0 Å². The number of nitrogens with one attached hydrogen (secondary N) is 1. The minimum Gasteiger partial charge on any atom is -0.314 e. The van der Waals surface area contributed by atoms with Crippen molar-refractivity contribution in [3.8, 4) is 0 Å². The minimum atomic E-state index is 0.349. The SMILES string of the molecule is CCc1ccc(CN2CCNCC2(CC)CC)cc1. The third-order valence-electron chi connectivity index (χ3n) is 4.80. The van der Waals surface area contributed by atoms with Crippen molar-refractivity contribution in [3.05, 3.63) is 35.4 Å². The maximum absolute atomic E-state index is 3.57. The number of benzene rings is 1. The smallest absolute Gasteiger partial charge is 0.0332 e. The molecule has 1 saturated heterocycles. The van der Waals surface area contributed by atoms with Crippen LogP contribution in [0, 0.1) is 0 Å². The van der Waals surface area contributed by atoms with Crippen molar-refractivity contribution in [1.82, 2.24) is 10.2 Å². The van der Waals surface area contributed by atoms with Gasteiger partial charge in [-0.3, -0.25) is 4.90 Å². The Morgan fingerprint density at radius 2 is 1.68 bits per heavy atom. The molecule has 106 valence electrons. The largest absolute Gasteiger partial charge is 0.314 e. The summed E-state index contributed by atoms with van der Waals surface area (Å²) >= 11 is 0. The molecule has 0 saturated carbocycles. The van der Waals surface area contributed by atoms with E-state index in [-0.39, 0.29) is 0 Å². The maximum atomic E-state index is 3.57. The summed E-state index contributed by atoms with van der Waals surface area (Å²) in [6, 6.07) is 9.15. The summed E-state index contributed by atoms with van der Waals surface area (Å²) in [4.78, 5) is 2.68. The fraction of sp³-hybridized carbons (Fsp3) is 0.647. The topological polar surface area (TPSA) is 15.3 Å². The molecule has 1 aromatic carbocycles. The van der Waals surface area contributed by atoms with Gasteiger partial charge in [-0.2, -0.15) is 0 Å². The molecule has 2 nitrogen and oxygen atoms in total. The fourth-order valence-electron chi connectivity index (χ4n) is 3.18. The Morgan fingerprint density at radius 1 is 1.05 bits per heavy atom. The molecule has 0 aliphatic carbocycles. The molecule has 1 fully saturated rings. The standard InChI is InChI=1S/C17H28N2/c1-4-15-7-9-16(10-8-15)13-19-12-11-18-14-17(19,5-2)6-3/h7-10,18H,4-6,11-14H2,1-3H3. The first-order chi connectivity index (χ1) is 9.24. The Balaban J connectivity index is 2.10. The fourth-order valence-corrected chi connectivity index (χ4v) is 3.18. The lowest BCUT2D eigenvalue weighted by molar-refractivity contribution is 0.0447. The van der Waals surface area contributed by atoms with Crippen molar-refractivity contribution in [2.75, 3.05) is 19.6 Å². The Kier molecular flexibility index (Phi) is 5.00. The van der Waals surface area contributed by atoms with Gasteiger partial charge in [0, 0.05) is 31.7 Å². The van der Waals surface area contributed by atoms with Gasteiger partial charge in [-0.05, 0) is 30.4 Å². The number of hydrogen-bond donors (Lipinski definition) is 1. The van der Waals surface area contributed by atoms with E-state index in [0.717, 1.165) is 32.6 Å². The first-order valence-corrected chi connectivity index (χ1v) is 7.77. The molecule has 0 aromatic heterocycles. The summed E-state index contributed by atoms with van der Waals surface area (Å²) in [6.45, 7) is 11.4. The van der Waals surface area contributed by atoms with Crippen LogP contribution in [0.5, 0.6) is 0 Å². The Hall–Kier alpha value is -0.860. The van der Waals surface area contributed by atoms with Crippen LogP contribution < -0.4 is 5.32 Å². The first-order valence-electron chi connectivity index (χ1n) is 7.77. The van der Waals surface area contributed by atoms with E-state index in [2.05, 4.69) is 55.3 Å². The van der Waals surface area contributed by atoms with E-state index < -0.39 is 0 Å². The normalized spacial score (nSPS) is 19.5. The molecule has 0 radical (unpaired) electrons. The van der Waals surface area contributed by atoms with E-state index in [1.165, 1.54) is 24.0 Å². The highest BCUT2D eigenvalue weighted by Crippen LogP contribution is 2.27. The molecule has 1 heterocycles. The molecule has 0 atom stereocenters. The van der Waals surface area contributed by atoms with Crippen LogP contribution in [0.1, 0.15) is 44.7 Å². The van der Waals surface area contributed by atoms with Crippen LogP contribution in [0.25, 0.3) is 0 Å². The zero-order valence-corrected chi connectivity index (χ0v) is 12.7. The van der Waals surface area contributed by atoms with Gasteiger partial charge < -0.3 is 5.32 Å². The second kappa shape index (κ2) is 6.53. The summed E-state index contributed by atoms with van der Waals surface area (Å²) < 4.78 is 0. The monoisotopic (exact) mass is 260 g/mol. The molecule has 2 rings (SSSR count). The molecule has 2 heteroatoms. The third-order valence-corrected chi connectivity index (χ3v) is 4.80. The van der Waals surface area contributed by atoms with Crippen molar-refractivity contribution < 1.29 is 0 Å². The highest BCUT2D eigenvalue weighted by Gasteiger charge is 2.35. The number of rotatable bonds is 5. The average Bonchev–Trinajstić information content (AvgIpc) is 2.49.